The molecule has 18 heavy (non-hydrogen) atoms. The van der Waals surface area contributed by atoms with Crippen LogP contribution in [0.2, 0.25) is 0 Å². The van der Waals surface area contributed by atoms with Gasteiger partial charge in [0.05, 0.1) is 24.4 Å². The lowest BCUT2D eigenvalue weighted by Gasteiger charge is -2.30. The maximum atomic E-state index is 12.8. The molecule has 2 unspecified atom stereocenters. The molecule has 1 aromatic heterocycles. The van der Waals surface area contributed by atoms with E-state index in [-0.39, 0.29) is 12.3 Å². The SMILES string of the molecule is CCOC(=O)C(CC)C(C)(O)c1ccc(F)cn1. The van der Waals surface area contributed by atoms with E-state index in [9.17, 15) is 14.3 Å². The highest BCUT2D eigenvalue weighted by Gasteiger charge is 2.39. The van der Waals surface area contributed by atoms with Crippen molar-refractivity contribution in [1.82, 2.24) is 4.98 Å². The summed E-state index contributed by atoms with van der Waals surface area (Å²) in [6.45, 7) is 5.22. The van der Waals surface area contributed by atoms with E-state index in [4.69, 9.17) is 4.74 Å². The number of aromatic nitrogens is 1. The van der Waals surface area contributed by atoms with E-state index in [1.54, 1.807) is 13.8 Å². The van der Waals surface area contributed by atoms with Crippen LogP contribution in [-0.4, -0.2) is 22.7 Å². The van der Waals surface area contributed by atoms with E-state index in [2.05, 4.69) is 4.98 Å². The van der Waals surface area contributed by atoms with Crippen LogP contribution in [0, 0.1) is 11.7 Å². The molecule has 0 fully saturated rings. The van der Waals surface area contributed by atoms with Crippen molar-refractivity contribution >= 4 is 5.97 Å². The van der Waals surface area contributed by atoms with Crippen LogP contribution >= 0.6 is 0 Å². The maximum absolute atomic E-state index is 12.8. The Labute approximate surface area is 106 Å². The van der Waals surface area contributed by atoms with Gasteiger partial charge in [0.15, 0.2) is 0 Å². The van der Waals surface area contributed by atoms with Crippen LogP contribution in [0.1, 0.15) is 32.9 Å². The second kappa shape index (κ2) is 5.91. The lowest BCUT2D eigenvalue weighted by atomic mass is 9.84. The number of esters is 1. The Balaban J connectivity index is 3.01. The normalized spacial score (nSPS) is 15.8. The Morgan fingerprint density at radius 3 is 2.67 bits per heavy atom. The van der Waals surface area contributed by atoms with Gasteiger partial charge < -0.3 is 9.84 Å². The Morgan fingerprint density at radius 1 is 1.56 bits per heavy atom. The van der Waals surface area contributed by atoms with E-state index >= 15 is 0 Å². The molecule has 1 aromatic rings. The van der Waals surface area contributed by atoms with Crippen LogP contribution in [0.4, 0.5) is 4.39 Å². The van der Waals surface area contributed by atoms with Crippen molar-refractivity contribution < 1.29 is 19.0 Å². The molecule has 4 nitrogen and oxygen atoms in total. The van der Waals surface area contributed by atoms with Gasteiger partial charge in [-0.1, -0.05) is 6.92 Å². The van der Waals surface area contributed by atoms with Crippen molar-refractivity contribution in [2.75, 3.05) is 6.61 Å². The first-order valence-corrected chi connectivity index (χ1v) is 5.94. The topological polar surface area (TPSA) is 59.4 Å². The summed E-state index contributed by atoms with van der Waals surface area (Å²) in [7, 11) is 0. The van der Waals surface area contributed by atoms with Crippen LogP contribution in [0.25, 0.3) is 0 Å². The first-order valence-electron chi connectivity index (χ1n) is 5.94. The van der Waals surface area contributed by atoms with Gasteiger partial charge in [0, 0.05) is 0 Å². The number of carbonyl (C=O) groups excluding carboxylic acids is 1. The molecule has 0 saturated heterocycles. The lowest BCUT2D eigenvalue weighted by molar-refractivity contribution is -0.158. The molecule has 5 heteroatoms. The second-order valence-electron chi connectivity index (χ2n) is 4.22. The van der Waals surface area contributed by atoms with Gasteiger partial charge >= 0.3 is 5.97 Å². The van der Waals surface area contributed by atoms with Crippen molar-refractivity contribution in [3.05, 3.63) is 29.8 Å². The molecule has 0 aromatic carbocycles. The summed E-state index contributed by atoms with van der Waals surface area (Å²) in [5, 5.41) is 10.4. The highest BCUT2D eigenvalue weighted by Crippen LogP contribution is 2.31. The largest absolute Gasteiger partial charge is 0.466 e. The Bertz CT molecular complexity index is 403. The van der Waals surface area contributed by atoms with Crippen molar-refractivity contribution in [2.45, 2.75) is 32.8 Å². The fraction of sp³-hybridized carbons (Fsp3) is 0.538. The third-order valence-electron chi connectivity index (χ3n) is 2.90. The van der Waals surface area contributed by atoms with Gasteiger partial charge in [-0.15, -0.1) is 0 Å². The number of rotatable bonds is 5. The summed E-state index contributed by atoms with van der Waals surface area (Å²) in [4.78, 5) is 15.6. The van der Waals surface area contributed by atoms with E-state index in [1.807, 2.05) is 0 Å². The highest BCUT2D eigenvalue weighted by molar-refractivity contribution is 5.74. The summed E-state index contributed by atoms with van der Waals surface area (Å²) >= 11 is 0. The molecule has 0 bridgehead atoms. The monoisotopic (exact) mass is 255 g/mol. The molecule has 0 spiro atoms. The zero-order valence-electron chi connectivity index (χ0n) is 10.8. The first kappa shape index (κ1) is 14.6. The summed E-state index contributed by atoms with van der Waals surface area (Å²) in [6, 6.07) is 2.58. The van der Waals surface area contributed by atoms with Gasteiger partial charge in [-0.25, -0.2) is 4.39 Å². The molecule has 0 radical (unpaired) electrons. The van der Waals surface area contributed by atoms with Crippen LogP contribution in [0.15, 0.2) is 18.3 Å². The van der Waals surface area contributed by atoms with Crippen molar-refractivity contribution in [2.24, 2.45) is 5.92 Å². The Hall–Kier alpha value is -1.49. The standard InChI is InChI=1S/C13H18FNO3/c1-4-10(12(16)18-5-2)13(3,17)11-7-6-9(14)8-15-11/h6-8,10,17H,4-5H2,1-3H3. The number of hydrogen-bond donors (Lipinski definition) is 1. The minimum Gasteiger partial charge on any atom is -0.466 e. The molecule has 0 aliphatic heterocycles. The van der Waals surface area contributed by atoms with Gasteiger partial charge in [-0.05, 0) is 32.4 Å². The molecule has 0 aliphatic carbocycles. The number of ether oxygens (including phenoxy) is 1. The van der Waals surface area contributed by atoms with Crippen molar-refractivity contribution in [3.63, 3.8) is 0 Å². The van der Waals surface area contributed by atoms with Gasteiger partial charge in [-0.3, -0.25) is 9.78 Å². The number of carbonyl (C=O) groups is 1. The minimum absolute atomic E-state index is 0.252. The molecule has 0 amide bonds. The summed E-state index contributed by atoms with van der Waals surface area (Å²) in [6.07, 6.45) is 1.42. The number of pyridine rings is 1. The fourth-order valence-electron chi connectivity index (χ4n) is 1.89. The van der Waals surface area contributed by atoms with Gasteiger partial charge in [0.2, 0.25) is 0 Å². The summed E-state index contributed by atoms with van der Waals surface area (Å²) < 4.78 is 17.7. The van der Waals surface area contributed by atoms with Gasteiger partial charge in [0.1, 0.15) is 11.4 Å². The molecular weight excluding hydrogens is 237 g/mol. The summed E-state index contributed by atoms with van der Waals surface area (Å²) in [5.74, 6) is -1.69. The zero-order valence-corrected chi connectivity index (χ0v) is 10.8. The number of hydrogen-bond acceptors (Lipinski definition) is 4. The minimum atomic E-state index is -1.48. The average molecular weight is 255 g/mol. The lowest BCUT2D eigenvalue weighted by Crippen LogP contribution is -2.38. The maximum Gasteiger partial charge on any atom is 0.312 e. The molecule has 0 saturated carbocycles. The van der Waals surface area contributed by atoms with Gasteiger partial charge in [0.25, 0.3) is 0 Å². The third-order valence-corrected chi connectivity index (χ3v) is 2.90. The first-order chi connectivity index (χ1) is 8.43. The molecule has 1 rings (SSSR count). The number of halogens is 1. The zero-order chi connectivity index (χ0) is 13.8. The van der Waals surface area contributed by atoms with Crippen LogP contribution < -0.4 is 0 Å². The second-order valence-corrected chi connectivity index (χ2v) is 4.22. The number of nitrogens with zero attached hydrogens (tertiary/aromatic N) is 1. The molecule has 1 heterocycles. The predicted octanol–water partition coefficient (Wildman–Crippen LogP) is 2.02. The van der Waals surface area contributed by atoms with E-state index in [1.165, 1.54) is 19.1 Å². The quantitative estimate of drug-likeness (QED) is 0.818. The molecule has 1 N–H and O–H groups in total. The van der Waals surface area contributed by atoms with E-state index in [0.29, 0.717) is 6.42 Å². The van der Waals surface area contributed by atoms with Crippen molar-refractivity contribution in [1.29, 1.82) is 0 Å². The summed E-state index contributed by atoms with van der Waals surface area (Å²) in [5.41, 5.74) is -1.22. The van der Waals surface area contributed by atoms with E-state index < -0.39 is 23.3 Å². The number of aliphatic hydroxyl groups is 1. The predicted molar refractivity (Wildman–Crippen MR) is 64.2 cm³/mol. The highest BCUT2D eigenvalue weighted by atomic mass is 19.1. The Morgan fingerprint density at radius 2 is 2.22 bits per heavy atom. The van der Waals surface area contributed by atoms with Crippen LogP contribution in [0.5, 0.6) is 0 Å². The third kappa shape index (κ3) is 3.04. The fourth-order valence-corrected chi connectivity index (χ4v) is 1.89. The van der Waals surface area contributed by atoms with Gasteiger partial charge in [-0.2, -0.15) is 0 Å². The smallest absolute Gasteiger partial charge is 0.312 e. The average Bonchev–Trinajstić information content (AvgIpc) is 2.30. The van der Waals surface area contributed by atoms with E-state index in [0.717, 1.165) is 6.20 Å². The molecule has 0 aliphatic rings. The van der Waals surface area contributed by atoms with Crippen molar-refractivity contribution in [3.8, 4) is 0 Å². The Kier molecular flexibility index (Phi) is 4.78. The molecule has 2 atom stereocenters. The van der Waals surface area contributed by atoms with Crippen LogP contribution in [0.3, 0.4) is 0 Å². The van der Waals surface area contributed by atoms with Crippen LogP contribution in [-0.2, 0) is 15.1 Å². The molecule has 100 valence electrons. The molecular formula is C13H18FNO3.